The van der Waals surface area contributed by atoms with Gasteiger partial charge in [0.15, 0.2) is 0 Å². The zero-order valence-electron chi connectivity index (χ0n) is 21.1. The van der Waals surface area contributed by atoms with E-state index in [1.807, 2.05) is 36.6 Å². The third kappa shape index (κ3) is 5.98. The summed E-state index contributed by atoms with van der Waals surface area (Å²) >= 11 is 7.51. The maximum absolute atomic E-state index is 14.2. The van der Waals surface area contributed by atoms with E-state index in [0.717, 1.165) is 18.4 Å². The normalized spacial score (nSPS) is 11.0. The molecule has 0 aliphatic heterocycles. The molecule has 0 spiro atoms. The zero-order valence-corrected chi connectivity index (χ0v) is 22.7. The number of hydrogen-bond acceptors (Lipinski definition) is 6. The van der Waals surface area contributed by atoms with Crippen molar-refractivity contribution in [1.29, 1.82) is 5.26 Å². The SMILES string of the molecule is CCCCCCCCNc1nc2c(C#N)c(SC)nc(-c3ccccc3)c2c(=O)n1-c1ccc(Cl)cc1. The first-order chi connectivity index (χ1) is 18.1. The number of pyridine rings is 1. The second-order valence-electron chi connectivity index (χ2n) is 8.79. The molecule has 0 atom stereocenters. The lowest BCUT2D eigenvalue weighted by Crippen LogP contribution is -2.25. The summed E-state index contributed by atoms with van der Waals surface area (Å²) in [6.45, 7) is 2.88. The number of benzene rings is 2. The minimum absolute atomic E-state index is 0.284. The Morgan fingerprint density at radius 3 is 2.38 bits per heavy atom. The number of unbranched alkanes of at least 4 members (excludes halogenated alkanes) is 5. The maximum Gasteiger partial charge on any atom is 0.269 e. The van der Waals surface area contributed by atoms with E-state index in [4.69, 9.17) is 21.6 Å². The van der Waals surface area contributed by atoms with Crippen molar-refractivity contribution in [3.05, 3.63) is 75.5 Å². The molecule has 37 heavy (non-hydrogen) atoms. The highest BCUT2D eigenvalue weighted by molar-refractivity contribution is 7.98. The number of nitriles is 1. The van der Waals surface area contributed by atoms with Gasteiger partial charge in [-0.3, -0.25) is 4.79 Å². The Labute approximate surface area is 226 Å². The molecule has 4 rings (SSSR count). The topological polar surface area (TPSA) is 83.6 Å². The van der Waals surface area contributed by atoms with E-state index in [0.29, 0.717) is 50.4 Å². The van der Waals surface area contributed by atoms with Gasteiger partial charge < -0.3 is 5.32 Å². The average molecular weight is 532 g/mol. The molecule has 0 saturated heterocycles. The number of rotatable bonds is 11. The predicted octanol–water partition coefficient (Wildman–Crippen LogP) is 7.47. The summed E-state index contributed by atoms with van der Waals surface area (Å²) in [5.74, 6) is 0.405. The lowest BCUT2D eigenvalue weighted by Gasteiger charge is -2.17. The lowest BCUT2D eigenvalue weighted by molar-refractivity contribution is 0.616. The molecule has 2 aromatic heterocycles. The number of hydrogen-bond donors (Lipinski definition) is 1. The van der Waals surface area contributed by atoms with Crippen LogP contribution in [0.1, 0.15) is 51.0 Å². The fraction of sp³-hybridized carbons (Fsp3) is 0.310. The molecular weight excluding hydrogens is 502 g/mol. The van der Waals surface area contributed by atoms with Gasteiger partial charge in [-0.1, -0.05) is 81.0 Å². The molecule has 2 heterocycles. The largest absolute Gasteiger partial charge is 0.355 e. The monoisotopic (exact) mass is 531 g/mol. The standard InChI is InChI=1S/C29H30ClN5OS/c1-3-4-5-6-7-11-18-32-29-34-26-23(19-31)27(37-2)33-25(20-12-9-8-10-13-20)24(26)28(36)35(29)22-16-14-21(30)15-17-22/h8-10,12-17H,3-7,11,18H2,1-2H3,(H,32,34). The summed E-state index contributed by atoms with van der Waals surface area (Å²) in [6, 6.07) is 18.9. The van der Waals surface area contributed by atoms with Crippen LogP contribution in [0.25, 0.3) is 27.8 Å². The smallest absolute Gasteiger partial charge is 0.269 e. The molecule has 0 fully saturated rings. The molecule has 0 radical (unpaired) electrons. The average Bonchev–Trinajstić information content (AvgIpc) is 2.93. The number of thioether (sulfide) groups is 1. The van der Waals surface area contributed by atoms with Gasteiger partial charge in [0.05, 0.1) is 16.8 Å². The van der Waals surface area contributed by atoms with Gasteiger partial charge in [0.2, 0.25) is 5.95 Å². The first kappa shape index (κ1) is 26.7. The maximum atomic E-state index is 14.2. The summed E-state index contributed by atoms with van der Waals surface area (Å²) in [7, 11) is 0. The van der Waals surface area contributed by atoms with E-state index in [1.54, 1.807) is 28.8 Å². The van der Waals surface area contributed by atoms with Crippen LogP contribution in [-0.4, -0.2) is 27.3 Å². The quantitative estimate of drug-likeness (QED) is 0.160. The number of aromatic nitrogens is 3. The summed E-state index contributed by atoms with van der Waals surface area (Å²) < 4.78 is 1.56. The number of nitrogens with zero attached hydrogens (tertiary/aromatic N) is 4. The molecule has 6 nitrogen and oxygen atoms in total. The van der Waals surface area contributed by atoms with E-state index >= 15 is 0 Å². The Morgan fingerprint density at radius 2 is 1.70 bits per heavy atom. The second-order valence-corrected chi connectivity index (χ2v) is 10.0. The van der Waals surface area contributed by atoms with Gasteiger partial charge in [-0.05, 0) is 36.9 Å². The first-order valence-electron chi connectivity index (χ1n) is 12.6. The number of anilines is 1. The van der Waals surface area contributed by atoms with Gasteiger partial charge in [0, 0.05) is 17.1 Å². The van der Waals surface area contributed by atoms with Crippen LogP contribution in [0.15, 0.2) is 64.4 Å². The summed E-state index contributed by atoms with van der Waals surface area (Å²) in [5, 5.41) is 14.9. The molecule has 0 amide bonds. The summed E-state index contributed by atoms with van der Waals surface area (Å²) in [4.78, 5) is 23.8. The van der Waals surface area contributed by atoms with Crippen LogP contribution in [0.5, 0.6) is 0 Å². The van der Waals surface area contributed by atoms with E-state index in [-0.39, 0.29) is 5.56 Å². The molecule has 0 aliphatic carbocycles. The van der Waals surface area contributed by atoms with Crippen molar-refractivity contribution in [1.82, 2.24) is 14.5 Å². The highest BCUT2D eigenvalue weighted by Crippen LogP contribution is 2.32. The van der Waals surface area contributed by atoms with Crippen LogP contribution in [0.4, 0.5) is 5.95 Å². The van der Waals surface area contributed by atoms with Crippen molar-refractivity contribution in [3.63, 3.8) is 0 Å². The second kappa shape index (κ2) is 12.8. The van der Waals surface area contributed by atoms with Crippen LogP contribution in [0, 0.1) is 11.3 Å². The van der Waals surface area contributed by atoms with E-state index in [1.165, 1.54) is 37.4 Å². The van der Waals surface area contributed by atoms with Gasteiger partial charge in [-0.25, -0.2) is 14.5 Å². The van der Waals surface area contributed by atoms with Gasteiger partial charge in [0.25, 0.3) is 5.56 Å². The van der Waals surface area contributed by atoms with Crippen molar-refractivity contribution < 1.29 is 0 Å². The van der Waals surface area contributed by atoms with E-state index < -0.39 is 0 Å². The first-order valence-corrected chi connectivity index (χ1v) is 14.2. The number of halogens is 1. The third-order valence-electron chi connectivity index (χ3n) is 6.23. The minimum Gasteiger partial charge on any atom is -0.355 e. The van der Waals surface area contributed by atoms with Gasteiger partial charge in [0.1, 0.15) is 22.2 Å². The summed E-state index contributed by atoms with van der Waals surface area (Å²) in [6.07, 6.45) is 8.83. The van der Waals surface area contributed by atoms with Crippen molar-refractivity contribution >= 4 is 40.2 Å². The molecule has 0 saturated carbocycles. The van der Waals surface area contributed by atoms with Gasteiger partial charge in [-0.15, -0.1) is 11.8 Å². The Morgan fingerprint density at radius 1 is 1.00 bits per heavy atom. The van der Waals surface area contributed by atoms with E-state index in [2.05, 4.69) is 18.3 Å². The van der Waals surface area contributed by atoms with Gasteiger partial charge >= 0.3 is 0 Å². The van der Waals surface area contributed by atoms with E-state index in [9.17, 15) is 10.1 Å². The van der Waals surface area contributed by atoms with Crippen molar-refractivity contribution in [2.24, 2.45) is 0 Å². The lowest BCUT2D eigenvalue weighted by atomic mass is 10.1. The molecule has 0 bridgehead atoms. The highest BCUT2D eigenvalue weighted by Gasteiger charge is 2.23. The van der Waals surface area contributed by atoms with Crippen molar-refractivity contribution in [3.8, 4) is 23.0 Å². The van der Waals surface area contributed by atoms with Crippen LogP contribution >= 0.6 is 23.4 Å². The van der Waals surface area contributed by atoms with Crippen LogP contribution < -0.4 is 10.9 Å². The van der Waals surface area contributed by atoms with Crippen molar-refractivity contribution in [2.75, 3.05) is 18.1 Å². The molecule has 2 aromatic carbocycles. The van der Waals surface area contributed by atoms with Crippen LogP contribution in [0.3, 0.4) is 0 Å². The Balaban J connectivity index is 1.90. The highest BCUT2D eigenvalue weighted by atomic mass is 35.5. The Bertz CT molecular complexity index is 1460. The fourth-order valence-corrected chi connectivity index (χ4v) is 4.99. The predicted molar refractivity (Wildman–Crippen MR) is 154 cm³/mol. The van der Waals surface area contributed by atoms with Crippen LogP contribution in [0.2, 0.25) is 5.02 Å². The number of nitrogens with one attached hydrogen (secondary N) is 1. The Hall–Kier alpha value is -3.34. The zero-order chi connectivity index (χ0) is 26.2. The van der Waals surface area contributed by atoms with Crippen LogP contribution in [-0.2, 0) is 0 Å². The summed E-state index contributed by atoms with van der Waals surface area (Å²) in [5.41, 5.74) is 2.34. The molecule has 8 heteroatoms. The molecule has 190 valence electrons. The molecule has 0 unspecified atom stereocenters. The molecule has 4 aromatic rings. The fourth-order valence-electron chi connectivity index (χ4n) is 4.34. The van der Waals surface area contributed by atoms with Gasteiger partial charge in [-0.2, -0.15) is 5.26 Å². The minimum atomic E-state index is -0.284. The third-order valence-corrected chi connectivity index (χ3v) is 7.17. The van der Waals surface area contributed by atoms with Crippen molar-refractivity contribution in [2.45, 2.75) is 50.5 Å². The molecule has 0 aliphatic rings. The number of fused-ring (bicyclic) bond motifs is 1. The Kier molecular flexibility index (Phi) is 9.21. The molecule has 1 N–H and O–H groups in total. The molecular formula is C29H30ClN5OS.